The lowest BCUT2D eigenvalue weighted by molar-refractivity contribution is -0.0521. The standard InChI is InChI=1S/C19H28N4O2/c1-22-17-5-3-2-4-16(17)21-18(22)15-6-9-23(10-7-15)13-19(24)12-20-8-11-25-14-19/h2-5,15,20,24H,6-14H2,1H3/t19-/m1/s1. The summed E-state index contributed by atoms with van der Waals surface area (Å²) in [4.78, 5) is 7.24. The highest BCUT2D eigenvalue weighted by molar-refractivity contribution is 5.75. The van der Waals surface area contributed by atoms with Crippen LogP contribution in [0.5, 0.6) is 0 Å². The number of imidazole rings is 1. The highest BCUT2D eigenvalue weighted by atomic mass is 16.5. The fourth-order valence-electron chi connectivity index (χ4n) is 4.17. The molecule has 6 nitrogen and oxygen atoms in total. The summed E-state index contributed by atoms with van der Waals surface area (Å²) in [5, 5.41) is 14.0. The third kappa shape index (κ3) is 3.58. The molecule has 25 heavy (non-hydrogen) atoms. The maximum atomic E-state index is 10.8. The van der Waals surface area contributed by atoms with Crippen LogP contribution in [-0.2, 0) is 11.8 Å². The zero-order valence-electron chi connectivity index (χ0n) is 14.9. The summed E-state index contributed by atoms with van der Waals surface area (Å²) in [7, 11) is 2.12. The van der Waals surface area contributed by atoms with Gasteiger partial charge in [0.2, 0.25) is 0 Å². The third-order valence-electron chi connectivity index (χ3n) is 5.54. The number of β-amino-alcohol motifs (C(OH)–C–C–N with tert-alkyl or cyclic N) is 1. The van der Waals surface area contributed by atoms with E-state index in [0.717, 1.165) is 38.0 Å². The fourth-order valence-corrected chi connectivity index (χ4v) is 4.17. The molecule has 1 aromatic heterocycles. The van der Waals surface area contributed by atoms with Gasteiger partial charge in [0.15, 0.2) is 0 Å². The normalized spacial score (nSPS) is 26.8. The molecule has 1 atom stereocenters. The molecule has 0 saturated carbocycles. The second kappa shape index (κ2) is 7.03. The number of likely N-dealkylation sites (tertiary alicyclic amines) is 1. The Balaban J connectivity index is 1.40. The lowest BCUT2D eigenvalue weighted by Gasteiger charge is -2.37. The number of hydrogen-bond donors (Lipinski definition) is 2. The quantitative estimate of drug-likeness (QED) is 0.873. The highest BCUT2D eigenvalue weighted by Gasteiger charge is 2.33. The molecule has 2 aliphatic heterocycles. The zero-order chi connectivity index (χ0) is 17.3. The molecule has 0 aliphatic carbocycles. The van der Waals surface area contributed by atoms with Crippen LogP contribution >= 0.6 is 0 Å². The Morgan fingerprint density at radius 3 is 2.92 bits per heavy atom. The molecule has 2 saturated heterocycles. The minimum atomic E-state index is -0.777. The second-order valence-electron chi connectivity index (χ2n) is 7.52. The van der Waals surface area contributed by atoms with Gasteiger partial charge < -0.3 is 24.6 Å². The van der Waals surface area contributed by atoms with Crippen LogP contribution in [0.2, 0.25) is 0 Å². The van der Waals surface area contributed by atoms with Gasteiger partial charge in [-0.25, -0.2) is 4.98 Å². The van der Waals surface area contributed by atoms with Gasteiger partial charge in [-0.15, -0.1) is 0 Å². The first-order valence-electron chi connectivity index (χ1n) is 9.29. The van der Waals surface area contributed by atoms with Crippen molar-refractivity contribution in [1.29, 1.82) is 0 Å². The number of aryl methyl sites for hydroxylation is 1. The van der Waals surface area contributed by atoms with E-state index < -0.39 is 5.60 Å². The Kier molecular flexibility index (Phi) is 4.78. The lowest BCUT2D eigenvalue weighted by Crippen LogP contribution is -2.52. The summed E-state index contributed by atoms with van der Waals surface area (Å²) in [6, 6.07) is 8.34. The van der Waals surface area contributed by atoms with Crippen molar-refractivity contribution in [2.45, 2.75) is 24.4 Å². The predicted molar refractivity (Wildman–Crippen MR) is 97.8 cm³/mol. The Bertz CT molecular complexity index is 713. The van der Waals surface area contributed by atoms with E-state index in [4.69, 9.17) is 9.72 Å². The van der Waals surface area contributed by atoms with Crippen molar-refractivity contribution < 1.29 is 9.84 Å². The first-order chi connectivity index (χ1) is 12.1. The van der Waals surface area contributed by atoms with Gasteiger partial charge >= 0.3 is 0 Å². The van der Waals surface area contributed by atoms with Gasteiger partial charge in [-0.1, -0.05) is 12.1 Å². The van der Waals surface area contributed by atoms with Gasteiger partial charge in [-0.05, 0) is 38.1 Å². The van der Waals surface area contributed by atoms with Crippen LogP contribution in [0, 0.1) is 0 Å². The minimum Gasteiger partial charge on any atom is -0.385 e. The molecule has 2 aliphatic rings. The van der Waals surface area contributed by atoms with Crippen molar-refractivity contribution in [3.05, 3.63) is 30.1 Å². The average molecular weight is 344 g/mol. The third-order valence-corrected chi connectivity index (χ3v) is 5.54. The molecule has 4 rings (SSSR count). The average Bonchev–Trinajstić information content (AvgIpc) is 2.81. The molecule has 2 N–H and O–H groups in total. The van der Waals surface area contributed by atoms with Crippen LogP contribution < -0.4 is 5.32 Å². The molecule has 0 amide bonds. The van der Waals surface area contributed by atoms with E-state index in [1.165, 1.54) is 11.3 Å². The van der Waals surface area contributed by atoms with Crippen molar-refractivity contribution in [3.8, 4) is 0 Å². The summed E-state index contributed by atoms with van der Waals surface area (Å²) < 4.78 is 7.78. The van der Waals surface area contributed by atoms with Crippen LogP contribution in [0.15, 0.2) is 24.3 Å². The van der Waals surface area contributed by atoms with E-state index in [1.807, 2.05) is 6.07 Å². The summed E-state index contributed by atoms with van der Waals surface area (Å²) in [6.45, 7) is 5.19. The van der Waals surface area contributed by atoms with Gasteiger partial charge in [0, 0.05) is 32.6 Å². The number of para-hydroxylation sites is 2. The Morgan fingerprint density at radius 2 is 2.12 bits per heavy atom. The molecule has 1 aromatic carbocycles. The lowest BCUT2D eigenvalue weighted by atomic mass is 9.94. The van der Waals surface area contributed by atoms with Crippen LogP contribution in [0.25, 0.3) is 11.0 Å². The number of aliphatic hydroxyl groups is 1. The first kappa shape index (κ1) is 17.0. The van der Waals surface area contributed by atoms with Crippen molar-refractivity contribution in [1.82, 2.24) is 19.8 Å². The number of hydrogen-bond acceptors (Lipinski definition) is 5. The van der Waals surface area contributed by atoms with Crippen LogP contribution in [0.4, 0.5) is 0 Å². The largest absolute Gasteiger partial charge is 0.385 e. The van der Waals surface area contributed by atoms with E-state index in [0.29, 0.717) is 32.2 Å². The first-order valence-corrected chi connectivity index (χ1v) is 9.29. The van der Waals surface area contributed by atoms with Crippen molar-refractivity contribution in [2.24, 2.45) is 7.05 Å². The van der Waals surface area contributed by atoms with Crippen molar-refractivity contribution >= 4 is 11.0 Å². The van der Waals surface area contributed by atoms with Gasteiger partial charge in [0.1, 0.15) is 11.4 Å². The van der Waals surface area contributed by atoms with Gasteiger partial charge in [0.25, 0.3) is 0 Å². The van der Waals surface area contributed by atoms with E-state index in [2.05, 4.69) is 40.0 Å². The number of nitrogens with one attached hydrogen (secondary N) is 1. The number of fused-ring (bicyclic) bond motifs is 1. The molecule has 0 bridgehead atoms. The number of nitrogens with zero attached hydrogens (tertiary/aromatic N) is 3. The number of aromatic nitrogens is 2. The number of benzene rings is 1. The zero-order valence-corrected chi connectivity index (χ0v) is 14.9. The van der Waals surface area contributed by atoms with Crippen LogP contribution in [-0.4, -0.2) is 71.1 Å². The Morgan fingerprint density at radius 1 is 1.32 bits per heavy atom. The van der Waals surface area contributed by atoms with Gasteiger partial charge in [-0.3, -0.25) is 0 Å². The number of ether oxygens (including phenoxy) is 1. The molecule has 0 radical (unpaired) electrons. The van der Waals surface area contributed by atoms with Crippen LogP contribution in [0.3, 0.4) is 0 Å². The van der Waals surface area contributed by atoms with Crippen LogP contribution in [0.1, 0.15) is 24.6 Å². The summed E-state index contributed by atoms with van der Waals surface area (Å²) in [5.74, 6) is 1.69. The molecule has 136 valence electrons. The molecular formula is C19H28N4O2. The maximum absolute atomic E-state index is 10.8. The molecule has 2 aromatic rings. The molecular weight excluding hydrogens is 316 g/mol. The topological polar surface area (TPSA) is 62.5 Å². The number of rotatable bonds is 3. The van der Waals surface area contributed by atoms with E-state index in [-0.39, 0.29) is 0 Å². The smallest absolute Gasteiger partial charge is 0.113 e. The van der Waals surface area contributed by atoms with Gasteiger partial charge in [0.05, 0.1) is 24.2 Å². The minimum absolute atomic E-state index is 0.421. The molecule has 0 spiro atoms. The van der Waals surface area contributed by atoms with Gasteiger partial charge in [-0.2, -0.15) is 0 Å². The van der Waals surface area contributed by atoms with Crippen molar-refractivity contribution in [2.75, 3.05) is 45.9 Å². The summed E-state index contributed by atoms with van der Waals surface area (Å²) in [6.07, 6.45) is 2.17. The molecule has 6 heteroatoms. The SMILES string of the molecule is Cn1c(C2CCN(C[C@]3(O)CNCCOC3)CC2)nc2ccccc21. The Hall–Kier alpha value is -1.47. The van der Waals surface area contributed by atoms with Crippen molar-refractivity contribution in [3.63, 3.8) is 0 Å². The predicted octanol–water partition coefficient (Wildman–Crippen LogP) is 1.10. The van der Waals surface area contributed by atoms with E-state index in [1.54, 1.807) is 0 Å². The van der Waals surface area contributed by atoms with E-state index >= 15 is 0 Å². The summed E-state index contributed by atoms with van der Waals surface area (Å²) in [5.41, 5.74) is 1.51. The maximum Gasteiger partial charge on any atom is 0.113 e. The van der Waals surface area contributed by atoms with E-state index in [9.17, 15) is 5.11 Å². The summed E-state index contributed by atoms with van der Waals surface area (Å²) >= 11 is 0. The molecule has 0 unspecified atom stereocenters. The monoisotopic (exact) mass is 344 g/mol. The molecule has 2 fully saturated rings. The second-order valence-corrected chi connectivity index (χ2v) is 7.52. The Labute approximate surface area is 148 Å². The fraction of sp³-hybridized carbons (Fsp3) is 0.632. The number of piperidine rings is 1. The highest BCUT2D eigenvalue weighted by Crippen LogP contribution is 2.30. The molecule has 3 heterocycles.